The summed E-state index contributed by atoms with van der Waals surface area (Å²) >= 11 is 1.49. The number of hydrogen-bond acceptors (Lipinski definition) is 7. The predicted octanol–water partition coefficient (Wildman–Crippen LogP) is 2.63. The second kappa shape index (κ2) is 8.49. The molecule has 2 aromatic rings. The molecule has 0 fully saturated rings. The van der Waals surface area contributed by atoms with E-state index in [9.17, 15) is 0 Å². The van der Waals surface area contributed by atoms with E-state index >= 15 is 0 Å². The van der Waals surface area contributed by atoms with Gasteiger partial charge >= 0.3 is 6.01 Å². The van der Waals surface area contributed by atoms with Crippen LogP contribution in [-0.2, 0) is 0 Å². The van der Waals surface area contributed by atoms with Gasteiger partial charge in [-0.05, 0) is 18.4 Å². The molecule has 2 rings (SSSR count). The van der Waals surface area contributed by atoms with Crippen LogP contribution in [0.2, 0.25) is 0 Å². The quantitative estimate of drug-likeness (QED) is 0.849. The van der Waals surface area contributed by atoms with E-state index in [1.54, 1.807) is 0 Å². The molecular weight excluding hydrogens is 266 g/mol. The van der Waals surface area contributed by atoms with Crippen LogP contribution in [0.4, 0.5) is 6.01 Å². The van der Waals surface area contributed by atoms with E-state index in [-0.39, 0.29) is 6.61 Å². The fourth-order valence-corrected chi connectivity index (χ4v) is 2.04. The third-order valence-corrected chi connectivity index (χ3v) is 2.84. The first-order chi connectivity index (χ1) is 9.35. The van der Waals surface area contributed by atoms with Crippen molar-refractivity contribution in [2.45, 2.75) is 20.8 Å². The van der Waals surface area contributed by atoms with E-state index in [1.807, 2.05) is 32.2 Å². The molecule has 0 spiro atoms. The summed E-state index contributed by atoms with van der Waals surface area (Å²) in [7, 11) is 0. The van der Waals surface area contributed by atoms with Gasteiger partial charge in [0, 0.05) is 6.54 Å². The number of anilines is 1. The lowest BCUT2D eigenvalue weighted by Gasteiger charge is -2.00. The summed E-state index contributed by atoms with van der Waals surface area (Å²) in [5.74, 6) is 1.25. The van der Waals surface area contributed by atoms with E-state index in [4.69, 9.17) is 14.4 Å². The van der Waals surface area contributed by atoms with Crippen molar-refractivity contribution < 1.29 is 14.4 Å². The zero-order chi connectivity index (χ0) is 14.1. The largest absolute Gasteiger partial charge is 0.492 e. The van der Waals surface area contributed by atoms with E-state index in [0.29, 0.717) is 25.0 Å². The minimum Gasteiger partial charge on any atom is -0.492 e. The number of aliphatic hydroxyl groups is 1. The number of aliphatic hydroxyl groups excluding tert-OH is 1. The Morgan fingerprint density at radius 2 is 2.26 bits per heavy atom. The Balaban J connectivity index is 0.000000861. The topological polar surface area (TPSA) is 80.4 Å². The van der Waals surface area contributed by atoms with Gasteiger partial charge in [-0.1, -0.05) is 19.0 Å². The molecule has 0 aliphatic rings. The minimum absolute atomic E-state index is 0.0148. The Kier molecular flexibility index (Phi) is 6.91. The molecule has 0 radical (unpaired) electrons. The van der Waals surface area contributed by atoms with Gasteiger partial charge in [-0.25, -0.2) is 0 Å². The van der Waals surface area contributed by atoms with Gasteiger partial charge in [0.15, 0.2) is 0 Å². The van der Waals surface area contributed by atoms with Crippen molar-refractivity contribution in [1.29, 1.82) is 0 Å². The van der Waals surface area contributed by atoms with E-state index in [1.165, 1.54) is 11.3 Å². The maximum absolute atomic E-state index is 8.66. The number of ether oxygens (including phenoxy) is 1. The lowest BCUT2D eigenvalue weighted by atomic mass is 10.4. The molecule has 0 amide bonds. The molecule has 0 saturated carbocycles. The zero-order valence-electron chi connectivity index (χ0n) is 11.3. The molecule has 6 nitrogen and oxygen atoms in total. The van der Waals surface area contributed by atoms with Gasteiger partial charge in [0.1, 0.15) is 10.6 Å². The van der Waals surface area contributed by atoms with Gasteiger partial charge < -0.3 is 19.7 Å². The minimum atomic E-state index is 0.0148. The Labute approximate surface area is 116 Å². The lowest BCUT2D eigenvalue weighted by molar-refractivity contribution is 0.308. The third-order valence-electron chi connectivity index (χ3n) is 1.95. The van der Waals surface area contributed by atoms with Gasteiger partial charge in [-0.3, -0.25) is 0 Å². The number of hydrogen-bond donors (Lipinski definition) is 2. The summed E-state index contributed by atoms with van der Waals surface area (Å²) in [5.41, 5.74) is 0. The lowest BCUT2D eigenvalue weighted by Crippen LogP contribution is -2.05. The predicted molar refractivity (Wildman–Crippen MR) is 75.7 cm³/mol. The smallest absolute Gasteiger partial charge is 0.321 e. The number of aromatic nitrogens is 2. The van der Waals surface area contributed by atoms with Crippen LogP contribution in [-0.4, -0.2) is 35.0 Å². The van der Waals surface area contributed by atoms with Crippen LogP contribution in [0, 0.1) is 0 Å². The van der Waals surface area contributed by atoms with Gasteiger partial charge in [0.05, 0.1) is 13.2 Å². The molecule has 0 saturated heterocycles. The van der Waals surface area contributed by atoms with Crippen LogP contribution in [0.3, 0.4) is 0 Å². The average molecular weight is 285 g/mol. The highest BCUT2D eigenvalue weighted by Crippen LogP contribution is 2.34. The van der Waals surface area contributed by atoms with Crippen LogP contribution < -0.4 is 10.1 Å². The molecule has 0 bridgehead atoms. The van der Waals surface area contributed by atoms with Crippen LogP contribution >= 0.6 is 11.3 Å². The van der Waals surface area contributed by atoms with Crippen LogP contribution in [0.25, 0.3) is 10.7 Å². The fourth-order valence-electron chi connectivity index (χ4n) is 1.28. The van der Waals surface area contributed by atoms with Gasteiger partial charge in [-0.15, -0.1) is 11.3 Å². The first kappa shape index (κ1) is 15.5. The third kappa shape index (κ3) is 4.22. The highest BCUT2D eigenvalue weighted by molar-refractivity contribution is 7.13. The van der Waals surface area contributed by atoms with Crippen molar-refractivity contribution in [3.05, 3.63) is 11.4 Å². The molecule has 7 heteroatoms. The maximum atomic E-state index is 8.66. The Morgan fingerprint density at radius 1 is 1.47 bits per heavy atom. The van der Waals surface area contributed by atoms with Crippen LogP contribution in [0.15, 0.2) is 16.0 Å². The molecule has 0 aliphatic carbocycles. The molecule has 0 unspecified atom stereocenters. The summed E-state index contributed by atoms with van der Waals surface area (Å²) in [6.45, 7) is 6.91. The summed E-state index contributed by atoms with van der Waals surface area (Å²) in [6, 6.07) is 2.17. The second-order valence-corrected chi connectivity index (χ2v) is 4.04. The van der Waals surface area contributed by atoms with Crippen molar-refractivity contribution in [2.24, 2.45) is 0 Å². The molecule has 0 aromatic carbocycles. The Bertz CT molecular complexity index is 470. The normalized spacial score (nSPS) is 9.68. The van der Waals surface area contributed by atoms with Gasteiger partial charge in [0.25, 0.3) is 0 Å². The first-order valence-electron chi connectivity index (χ1n) is 6.24. The molecule has 0 atom stereocenters. The van der Waals surface area contributed by atoms with Crippen molar-refractivity contribution in [3.8, 4) is 16.5 Å². The van der Waals surface area contributed by atoms with Crippen molar-refractivity contribution >= 4 is 17.4 Å². The maximum Gasteiger partial charge on any atom is 0.321 e. The van der Waals surface area contributed by atoms with E-state index < -0.39 is 0 Å². The summed E-state index contributed by atoms with van der Waals surface area (Å²) in [4.78, 5) is 5.00. The molecule has 0 aliphatic heterocycles. The highest BCUT2D eigenvalue weighted by atomic mass is 32.1. The Morgan fingerprint density at radius 3 is 2.95 bits per heavy atom. The average Bonchev–Trinajstić information content (AvgIpc) is 3.07. The summed E-state index contributed by atoms with van der Waals surface area (Å²) < 4.78 is 10.4. The van der Waals surface area contributed by atoms with Crippen LogP contribution in [0.1, 0.15) is 20.8 Å². The summed E-state index contributed by atoms with van der Waals surface area (Å²) in [5, 5.41) is 17.2. The van der Waals surface area contributed by atoms with Gasteiger partial charge in [0.2, 0.25) is 5.82 Å². The van der Waals surface area contributed by atoms with Crippen molar-refractivity contribution in [3.63, 3.8) is 0 Å². The van der Waals surface area contributed by atoms with Crippen molar-refractivity contribution in [1.82, 2.24) is 10.1 Å². The molecule has 19 heavy (non-hydrogen) atoms. The SMILES string of the molecule is CC.CCOc1ccsc1-c1noc(NCCO)n1. The highest BCUT2D eigenvalue weighted by Gasteiger charge is 2.14. The van der Waals surface area contributed by atoms with Crippen molar-refractivity contribution in [2.75, 3.05) is 25.1 Å². The monoisotopic (exact) mass is 285 g/mol. The van der Waals surface area contributed by atoms with E-state index in [0.717, 1.165) is 10.6 Å². The van der Waals surface area contributed by atoms with Gasteiger partial charge in [-0.2, -0.15) is 4.98 Å². The first-order valence-corrected chi connectivity index (χ1v) is 7.12. The molecule has 2 N–H and O–H groups in total. The molecular formula is C12H19N3O3S. The zero-order valence-corrected chi connectivity index (χ0v) is 12.2. The number of nitrogens with zero attached hydrogens (tertiary/aromatic N) is 2. The number of nitrogens with one attached hydrogen (secondary N) is 1. The Hall–Kier alpha value is -1.60. The fraction of sp³-hybridized carbons (Fsp3) is 0.500. The number of rotatable bonds is 6. The standard InChI is InChI=1S/C10H13N3O3S.C2H6/c1-2-15-7-3-6-17-8(7)9-12-10(16-13-9)11-4-5-14;1-2/h3,6,14H,2,4-5H2,1H3,(H,11,12,13);1-2H3. The molecule has 2 aromatic heterocycles. The van der Waals surface area contributed by atoms with E-state index in [2.05, 4.69) is 15.5 Å². The number of thiophene rings is 1. The molecule has 2 heterocycles. The second-order valence-electron chi connectivity index (χ2n) is 3.12. The summed E-state index contributed by atoms with van der Waals surface area (Å²) in [6.07, 6.45) is 0. The van der Waals surface area contributed by atoms with Crippen LogP contribution in [0.5, 0.6) is 5.75 Å². The molecule has 106 valence electrons.